The molecule has 3 heterocycles. The van der Waals surface area contributed by atoms with Gasteiger partial charge >= 0.3 is 0 Å². The standard InChI is InChI=1S/C20H16FN5O/c21-17-2-1-13(9-16(17)19(22)27)15-10-18(26-20-14(15)5-8-24-20)25-11-12-3-6-23-7-4-12/h1-10H,11H2,(H2,22,27)(H2,24,25,26). The lowest BCUT2D eigenvalue weighted by atomic mass is 10.0. The number of carbonyl (C=O) groups is 1. The minimum absolute atomic E-state index is 0.140. The lowest BCUT2D eigenvalue weighted by molar-refractivity contribution is 0.0996. The van der Waals surface area contributed by atoms with Crippen molar-refractivity contribution in [1.82, 2.24) is 15.0 Å². The van der Waals surface area contributed by atoms with Crippen LogP contribution in [0.15, 0.2) is 61.1 Å². The SMILES string of the molecule is NC(=O)c1cc(-c2cc(NCc3ccncc3)nc3[nH]ccc23)ccc1F. The fourth-order valence-corrected chi connectivity index (χ4v) is 2.94. The average molecular weight is 361 g/mol. The van der Waals surface area contributed by atoms with Crippen LogP contribution in [0.4, 0.5) is 10.2 Å². The Kier molecular flexibility index (Phi) is 4.25. The highest BCUT2D eigenvalue weighted by molar-refractivity contribution is 5.98. The van der Waals surface area contributed by atoms with Gasteiger partial charge in [0.05, 0.1) is 5.56 Å². The van der Waals surface area contributed by atoms with Gasteiger partial charge in [0, 0.05) is 30.5 Å². The number of primary amides is 1. The molecule has 0 unspecified atom stereocenters. The van der Waals surface area contributed by atoms with E-state index in [0.29, 0.717) is 23.6 Å². The summed E-state index contributed by atoms with van der Waals surface area (Å²) in [5, 5.41) is 4.14. The number of aromatic amines is 1. The van der Waals surface area contributed by atoms with E-state index >= 15 is 0 Å². The number of carbonyl (C=O) groups excluding carboxylic acids is 1. The molecule has 27 heavy (non-hydrogen) atoms. The van der Waals surface area contributed by atoms with Crippen molar-refractivity contribution in [3.63, 3.8) is 0 Å². The maximum absolute atomic E-state index is 13.8. The van der Waals surface area contributed by atoms with Crippen molar-refractivity contribution in [1.29, 1.82) is 0 Å². The third-order valence-electron chi connectivity index (χ3n) is 4.29. The van der Waals surface area contributed by atoms with E-state index in [1.54, 1.807) is 24.7 Å². The molecule has 0 aliphatic rings. The zero-order chi connectivity index (χ0) is 18.8. The second kappa shape index (κ2) is 6.87. The van der Waals surface area contributed by atoms with E-state index in [0.717, 1.165) is 16.5 Å². The van der Waals surface area contributed by atoms with Gasteiger partial charge in [-0.1, -0.05) is 6.07 Å². The van der Waals surface area contributed by atoms with Crippen molar-refractivity contribution in [3.05, 3.63) is 78.0 Å². The predicted molar refractivity (Wildman–Crippen MR) is 102 cm³/mol. The van der Waals surface area contributed by atoms with Crippen LogP contribution in [0.3, 0.4) is 0 Å². The van der Waals surface area contributed by atoms with Crippen LogP contribution >= 0.6 is 0 Å². The number of pyridine rings is 2. The zero-order valence-electron chi connectivity index (χ0n) is 14.2. The van der Waals surface area contributed by atoms with Gasteiger partial charge in [0.2, 0.25) is 0 Å². The minimum atomic E-state index is -0.801. The molecule has 0 saturated carbocycles. The van der Waals surface area contributed by atoms with Crippen LogP contribution < -0.4 is 11.1 Å². The van der Waals surface area contributed by atoms with Gasteiger partial charge in [-0.2, -0.15) is 0 Å². The van der Waals surface area contributed by atoms with Gasteiger partial charge in [0.1, 0.15) is 17.3 Å². The Labute approximate surface area is 154 Å². The minimum Gasteiger partial charge on any atom is -0.366 e. The molecule has 0 saturated heterocycles. The van der Waals surface area contributed by atoms with E-state index < -0.39 is 11.7 Å². The Morgan fingerprint density at radius 2 is 1.96 bits per heavy atom. The number of nitrogens with zero attached hydrogens (tertiary/aromatic N) is 2. The third-order valence-corrected chi connectivity index (χ3v) is 4.29. The van der Waals surface area contributed by atoms with Crippen molar-refractivity contribution in [2.75, 3.05) is 5.32 Å². The maximum atomic E-state index is 13.8. The Morgan fingerprint density at radius 3 is 2.74 bits per heavy atom. The van der Waals surface area contributed by atoms with Gasteiger partial charge in [-0.05, 0) is 53.1 Å². The first-order valence-electron chi connectivity index (χ1n) is 8.32. The number of nitrogens with two attached hydrogens (primary N) is 1. The molecule has 4 aromatic rings. The molecule has 0 aliphatic carbocycles. The Hall–Kier alpha value is -3.74. The molecule has 4 rings (SSSR count). The highest BCUT2D eigenvalue weighted by atomic mass is 19.1. The van der Waals surface area contributed by atoms with E-state index in [9.17, 15) is 9.18 Å². The molecule has 4 N–H and O–H groups in total. The van der Waals surface area contributed by atoms with Gasteiger partial charge in [-0.25, -0.2) is 9.37 Å². The van der Waals surface area contributed by atoms with Crippen LogP contribution in [-0.2, 0) is 6.54 Å². The van der Waals surface area contributed by atoms with E-state index in [1.165, 1.54) is 12.1 Å². The fraction of sp³-hybridized carbons (Fsp3) is 0.0500. The monoisotopic (exact) mass is 361 g/mol. The largest absolute Gasteiger partial charge is 0.366 e. The summed E-state index contributed by atoms with van der Waals surface area (Å²) in [6.07, 6.45) is 5.24. The Bertz CT molecular complexity index is 1120. The third kappa shape index (κ3) is 3.35. The molecule has 0 radical (unpaired) electrons. The second-order valence-corrected chi connectivity index (χ2v) is 6.06. The number of nitrogens with one attached hydrogen (secondary N) is 2. The molecule has 0 spiro atoms. The first-order chi connectivity index (χ1) is 13.1. The summed E-state index contributed by atoms with van der Waals surface area (Å²) < 4.78 is 13.8. The van der Waals surface area contributed by atoms with Crippen molar-refractivity contribution in [2.24, 2.45) is 5.73 Å². The first-order valence-corrected chi connectivity index (χ1v) is 8.32. The average Bonchev–Trinajstić information content (AvgIpc) is 3.15. The lowest BCUT2D eigenvalue weighted by Crippen LogP contribution is -2.13. The Balaban J connectivity index is 1.75. The number of rotatable bonds is 5. The van der Waals surface area contributed by atoms with E-state index in [-0.39, 0.29) is 5.56 Å². The van der Waals surface area contributed by atoms with Crippen molar-refractivity contribution in [3.8, 4) is 11.1 Å². The van der Waals surface area contributed by atoms with Crippen LogP contribution in [0.25, 0.3) is 22.2 Å². The van der Waals surface area contributed by atoms with Crippen molar-refractivity contribution >= 4 is 22.8 Å². The number of anilines is 1. The smallest absolute Gasteiger partial charge is 0.251 e. The van der Waals surface area contributed by atoms with Gasteiger partial charge in [0.15, 0.2) is 0 Å². The van der Waals surface area contributed by atoms with Crippen LogP contribution in [0.2, 0.25) is 0 Å². The zero-order valence-corrected chi connectivity index (χ0v) is 14.2. The molecule has 1 amide bonds. The number of aromatic nitrogens is 3. The van der Waals surface area contributed by atoms with E-state index in [1.807, 2.05) is 24.3 Å². The van der Waals surface area contributed by atoms with Crippen molar-refractivity contribution in [2.45, 2.75) is 6.54 Å². The fourth-order valence-electron chi connectivity index (χ4n) is 2.94. The molecular formula is C20H16FN5O. The number of fused-ring (bicyclic) bond motifs is 1. The molecule has 6 nitrogen and oxygen atoms in total. The quantitative estimate of drug-likeness (QED) is 0.507. The van der Waals surface area contributed by atoms with Crippen LogP contribution in [0.1, 0.15) is 15.9 Å². The molecule has 0 aliphatic heterocycles. The summed E-state index contributed by atoms with van der Waals surface area (Å²) in [6.45, 7) is 0.580. The summed E-state index contributed by atoms with van der Waals surface area (Å²) in [4.78, 5) is 23.1. The number of amides is 1. The van der Waals surface area contributed by atoms with Crippen LogP contribution in [-0.4, -0.2) is 20.9 Å². The highest BCUT2D eigenvalue weighted by Gasteiger charge is 2.14. The van der Waals surface area contributed by atoms with Crippen LogP contribution in [0.5, 0.6) is 0 Å². The normalized spacial score (nSPS) is 10.9. The second-order valence-electron chi connectivity index (χ2n) is 6.06. The molecule has 1 aromatic carbocycles. The predicted octanol–water partition coefficient (Wildman–Crippen LogP) is 3.48. The summed E-state index contributed by atoms with van der Waals surface area (Å²) in [5.74, 6) is -0.784. The summed E-state index contributed by atoms with van der Waals surface area (Å²) in [6, 6.07) is 11.9. The lowest BCUT2D eigenvalue weighted by Gasteiger charge is -2.11. The highest BCUT2D eigenvalue weighted by Crippen LogP contribution is 2.31. The van der Waals surface area contributed by atoms with Gasteiger partial charge in [0.25, 0.3) is 5.91 Å². The van der Waals surface area contributed by atoms with Gasteiger partial charge in [-0.15, -0.1) is 0 Å². The molecule has 0 atom stereocenters. The topological polar surface area (TPSA) is 96.7 Å². The molecular weight excluding hydrogens is 345 g/mol. The summed E-state index contributed by atoms with van der Waals surface area (Å²) in [7, 11) is 0. The molecule has 0 fully saturated rings. The number of halogens is 1. The van der Waals surface area contributed by atoms with E-state index in [2.05, 4.69) is 20.3 Å². The van der Waals surface area contributed by atoms with Gasteiger partial charge in [-0.3, -0.25) is 9.78 Å². The van der Waals surface area contributed by atoms with Gasteiger partial charge < -0.3 is 16.0 Å². The molecule has 3 aromatic heterocycles. The molecule has 134 valence electrons. The Morgan fingerprint density at radius 1 is 1.15 bits per heavy atom. The van der Waals surface area contributed by atoms with E-state index in [4.69, 9.17) is 5.73 Å². The summed E-state index contributed by atoms with van der Waals surface area (Å²) in [5.41, 5.74) is 8.40. The number of H-pyrrole nitrogens is 1. The van der Waals surface area contributed by atoms with Crippen LogP contribution in [0, 0.1) is 5.82 Å². The number of hydrogen-bond acceptors (Lipinski definition) is 4. The maximum Gasteiger partial charge on any atom is 0.251 e. The molecule has 0 bridgehead atoms. The number of hydrogen-bond donors (Lipinski definition) is 3. The summed E-state index contributed by atoms with van der Waals surface area (Å²) >= 11 is 0. The molecule has 7 heteroatoms. The number of benzene rings is 1. The van der Waals surface area contributed by atoms with Crippen molar-refractivity contribution < 1.29 is 9.18 Å². The first kappa shape index (κ1) is 16.7.